The number of para-hydroxylation sites is 1. The van der Waals surface area contributed by atoms with Gasteiger partial charge in [-0.15, -0.1) is 0 Å². The Morgan fingerprint density at radius 3 is 2.46 bits per heavy atom. The molecule has 7 nitrogen and oxygen atoms in total. The van der Waals surface area contributed by atoms with E-state index in [1.54, 1.807) is 24.3 Å². The molecule has 0 atom stereocenters. The van der Waals surface area contributed by atoms with E-state index in [0.29, 0.717) is 11.3 Å². The summed E-state index contributed by atoms with van der Waals surface area (Å²) in [5.74, 6) is -0.735. The number of anilines is 1. The molecule has 1 aliphatic rings. The molecule has 0 heterocycles. The molecule has 2 amide bonds. The largest absolute Gasteiger partial charge is 0.349 e. The van der Waals surface area contributed by atoms with Crippen LogP contribution >= 0.6 is 0 Å². The average Bonchev–Trinajstić information content (AvgIpc) is 3.15. The van der Waals surface area contributed by atoms with Gasteiger partial charge in [0.25, 0.3) is 17.5 Å². The summed E-state index contributed by atoms with van der Waals surface area (Å²) >= 11 is 0. The second-order valence-corrected chi connectivity index (χ2v) is 6.26. The lowest BCUT2D eigenvalue weighted by atomic mass is 10.1. The summed E-state index contributed by atoms with van der Waals surface area (Å²) < 4.78 is 0. The summed E-state index contributed by atoms with van der Waals surface area (Å²) in [6, 6.07) is 12.4. The highest BCUT2D eigenvalue weighted by Gasteiger charge is 2.20. The van der Waals surface area contributed by atoms with Crippen molar-refractivity contribution < 1.29 is 14.5 Å². The summed E-state index contributed by atoms with van der Waals surface area (Å²) in [7, 11) is 0. The van der Waals surface area contributed by atoms with Gasteiger partial charge >= 0.3 is 0 Å². The molecule has 0 radical (unpaired) electrons. The van der Waals surface area contributed by atoms with Crippen molar-refractivity contribution in [2.75, 3.05) is 5.32 Å². The van der Waals surface area contributed by atoms with Gasteiger partial charge in [-0.1, -0.05) is 31.0 Å². The van der Waals surface area contributed by atoms with Gasteiger partial charge in [0.2, 0.25) is 0 Å². The molecule has 26 heavy (non-hydrogen) atoms. The first-order valence-corrected chi connectivity index (χ1v) is 8.50. The van der Waals surface area contributed by atoms with E-state index in [1.165, 1.54) is 24.3 Å². The monoisotopic (exact) mass is 353 g/mol. The fourth-order valence-electron chi connectivity index (χ4n) is 3.08. The lowest BCUT2D eigenvalue weighted by molar-refractivity contribution is -0.384. The molecule has 2 aromatic rings. The number of hydrogen-bond acceptors (Lipinski definition) is 4. The Kier molecular flexibility index (Phi) is 5.26. The summed E-state index contributed by atoms with van der Waals surface area (Å²) in [5, 5.41) is 16.5. The zero-order valence-corrected chi connectivity index (χ0v) is 14.1. The summed E-state index contributed by atoms with van der Waals surface area (Å²) in [6.45, 7) is 0. The predicted molar refractivity (Wildman–Crippen MR) is 97.2 cm³/mol. The van der Waals surface area contributed by atoms with Gasteiger partial charge in [-0.05, 0) is 31.0 Å². The van der Waals surface area contributed by atoms with Crippen LogP contribution in [0, 0.1) is 10.1 Å². The topological polar surface area (TPSA) is 101 Å². The molecule has 7 heteroatoms. The molecule has 0 bridgehead atoms. The summed E-state index contributed by atoms with van der Waals surface area (Å²) in [4.78, 5) is 35.3. The predicted octanol–water partition coefficient (Wildman–Crippen LogP) is 3.52. The number of hydrogen-bond donors (Lipinski definition) is 2. The van der Waals surface area contributed by atoms with E-state index in [4.69, 9.17) is 0 Å². The van der Waals surface area contributed by atoms with Gasteiger partial charge in [-0.3, -0.25) is 19.7 Å². The van der Waals surface area contributed by atoms with Gasteiger partial charge in [0, 0.05) is 23.7 Å². The molecule has 2 aromatic carbocycles. The SMILES string of the molecule is O=C(Nc1ccccc1C(=O)NC1CCCC1)c1cccc([N+](=O)[O-])c1. The fourth-order valence-corrected chi connectivity index (χ4v) is 3.08. The van der Waals surface area contributed by atoms with Gasteiger partial charge in [0.05, 0.1) is 16.2 Å². The van der Waals surface area contributed by atoms with E-state index >= 15 is 0 Å². The van der Waals surface area contributed by atoms with Gasteiger partial charge < -0.3 is 10.6 Å². The van der Waals surface area contributed by atoms with Gasteiger partial charge in [0.15, 0.2) is 0 Å². The average molecular weight is 353 g/mol. The third-order valence-electron chi connectivity index (χ3n) is 4.43. The van der Waals surface area contributed by atoms with Gasteiger partial charge in [0.1, 0.15) is 0 Å². The van der Waals surface area contributed by atoms with Gasteiger partial charge in [-0.25, -0.2) is 0 Å². The van der Waals surface area contributed by atoms with Gasteiger partial charge in [-0.2, -0.15) is 0 Å². The van der Waals surface area contributed by atoms with Crippen molar-refractivity contribution in [3.63, 3.8) is 0 Å². The minimum atomic E-state index is -0.556. The maximum Gasteiger partial charge on any atom is 0.270 e. The van der Waals surface area contributed by atoms with E-state index in [9.17, 15) is 19.7 Å². The zero-order chi connectivity index (χ0) is 18.5. The van der Waals surface area contributed by atoms with Crippen LogP contribution in [-0.4, -0.2) is 22.8 Å². The Labute approximate surface area is 150 Å². The minimum absolute atomic E-state index is 0.158. The normalized spacial score (nSPS) is 14.0. The molecule has 0 unspecified atom stereocenters. The van der Waals surface area contributed by atoms with E-state index in [0.717, 1.165) is 25.7 Å². The molecule has 134 valence electrons. The molecule has 2 N–H and O–H groups in total. The Morgan fingerprint density at radius 1 is 1.00 bits per heavy atom. The first kappa shape index (κ1) is 17.6. The third kappa shape index (κ3) is 4.05. The lowest BCUT2D eigenvalue weighted by Crippen LogP contribution is -2.33. The Bertz CT molecular complexity index is 844. The lowest BCUT2D eigenvalue weighted by Gasteiger charge is -2.15. The van der Waals surface area contributed by atoms with Crippen LogP contribution in [0.5, 0.6) is 0 Å². The number of carbonyl (C=O) groups excluding carboxylic acids is 2. The van der Waals surface area contributed by atoms with Crippen molar-refractivity contribution in [2.45, 2.75) is 31.7 Å². The molecular weight excluding hydrogens is 334 g/mol. The number of amides is 2. The van der Waals surface area contributed by atoms with Crippen LogP contribution in [0.4, 0.5) is 11.4 Å². The van der Waals surface area contributed by atoms with Crippen molar-refractivity contribution >= 4 is 23.2 Å². The summed E-state index contributed by atoms with van der Waals surface area (Å²) in [6.07, 6.45) is 4.15. The highest BCUT2D eigenvalue weighted by Crippen LogP contribution is 2.21. The van der Waals surface area contributed by atoms with E-state index in [2.05, 4.69) is 10.6 Å². The standard InChI is InChI=1S/C19H19N3O4/c23-18(13-6-5-9-15(12-13)22(25)26)21-17-11-4-3-10-16(17)19(24)20-14-7-1-2-8-14/h3-6,9-12,14H,1-2,7-8H2,(H,20,24)(H,21,23). The van der Waals surface area contributed by atoms with E-state index in [1.807, 2.05) is 0 Å². The number of nitro benzene ring substituents is 1. The Morgan fingerprint density at radius 2 is 1.73 bits per heavy atom. The van der Waals surface area contributed by atoms with Crippen LogP contribution in [0.25, 0.3) is 0 Å². The molecule has 0 aromatic heterocycles. The third-order valence-corrected chi connectivity index (χ3v) is 4.43. The van der Waals surface area contributed by atoms with Crippen molar-refractivity contribution in [1.82, 2.24) is 5.32 Å². The molecule has 1 fully saturated rings. The number of carbonyl (C=O) groups is 2. The second kappa shape index (κ2) is 7.77. The van der Waals surface area contributed by atoms with Crippen LogP contribution in [-0.2, 0) is 0 Å². The number of non-ortho nitro benzene ring substituents is 1. The molecule has 1 saturated carbocycles. The van der Waals surface area contributed by atoms with E-state index in [-0.39, 0.29) is 23.2 Å². The quantitative estimate of drug-likeness (QED) is 0.634. The maximum atomic E-state index is 12.5. The van der Waals surface area contributed by atoms with Crippen LogP contribution in [0.15, 0.2) is 48.5 Å². The highest BCUT2D eigenvalue weighted by molar-refractivity contribution is 6.09. The van der Waals surface area contributed by atoms with Crippen LogP contribution < -0.4 is 10.6 Å². The molecule has 0 saturated heterocycles. The van der Waals surface area contributed by atoms with Crippen LogP contribution in [0.1, 0.15) is 46.4 Å². The maximum absolute atomic E-state index is 12.5. The smallest absolute Gasteiger partial charge is 0.270 e. The van der Waals surface area contributed by atoms with Crippen molar-refractivity contribution in [2.24, 2.45) is 0 Å². The second-order valence-electron chi connectivity index (χ2n) is 6.26. The molecule has 0 spiro atoms. The van der Waals surface area contributed by atoms with E-state index < -0.39 is 10.8 Å². The first-order chi connectivity index (χ1) is 12.5. The number of benzene rings is 2. The van der Waals surface area contributed by atoms with Crippen molar-refractivity contribution in [3.05, 3.63) is 69.8 Å². The number of rotatable bonds is 5. The Hall–Kier alpha value is -3.22. The number of nitro groups is 1. The highest BCUT2D eigenvalue weighted by atomic mass is 16.6. The number of nitrogens with one attached hydrogen (secondary N) is 2. The molecular formula is C19H19N3O4. The molecule has 1 aliphatic carbocycles. The number of nitrogens with zero attached hydrogens (tertiary/aromatic N) is 1. The van der Waals surface area contributed by atoms with Crippen molar-refractivity contribution in [3.8, 4) is 0 Å². The summed E-state index contributed by atoms with van der Waals surface area (Å²) in [5.41, 5.74) is 0.743. The first-order valence-electron chi connectivity index (χ1n) is 8.50. The molecule has 0 aliphatic heterocycles. The molecule has 3 rings (SSSR count). The zero-order valence-electron chi connectivity index (χ0n) is 14.1. The fraction of sp³-hybridized carbons (Fsp3) is 0.263. The van der Waals surface area contributed by atoms with Crippen LogP contribution in [0.2, 0.25) is 0 Å². The van der Waals surface area contributed by atoms with Crippen molar-refractivity contribution in [1.29, 1.82) is 0 Å². The minimum Gasteiger partial charge on any atom is -0.349 e. The van der Waals surface area contributed by atoms with Crippen LogP contribution in [0.3, 0.4) is 0 Å². The Balaban J connectivity index is 1.77.